The monoisotopic (exact) mass is 307 g/mol. The Morgan fingerprint density at radius 1 is 1.47 bits per heavy atom. The number of nitrogen functional groups attached to an aromatic ring is 1. The lowest BCUT2D eigenvalue weighted by Gasteiger charge is -2.11. The van der Waals surface area contributed by atoms with Crippen molar-refractivity contribution in [3.63, 3.8) is 0 Å². The van der Waals surface area contributed by atoms with Gasteiger partial charge >= 0.3 is 6.09 Å². The molecule has 1 aromatic rings. The van der Waals surface area contributed by atoms with Gasteiger partial charge in [0.25, 0.3) is 0 Å². The molecular formula is C10H14ClN3O4S. The average molecular weight is 308 g/mol. The van der Waals surface area contributed by atoms with Gasteiger partial charge in [0, 0.05) is 6.54 Å². The Morgan fingerprint density at radius 2 is 2.11 bits per heavy atom. The number of amides is 1. The summed E-state index contributed by atoms with van der Waals surface area (Å²) < 4.78 is 30.6. The van der Waals surface area contributed by atoms with Crippen LogP contribution in [0.2, 0.25) is 5.02 Å². The van der Waals surface area contributed by atoms with Gasteiger partial charge < -0.3 is 16.2 Å². The second-order valence-corrected chi connectivity index (χ2v) is 5.85. The van der Waals surface area contributed by atoms with Crippen LogP contribution in [-0.4, -0.2) is 27.7 Å². The molecule has 1 amide bonds. The molecule has 1 rings (SSSR count). The molecule has 5 N–H and O–H groups in total. The fraction of sp³-hybridized carbons (Fsp3) is 0.300. The second kappa shape index (κ2) is 6.09. The molecule has 0 aliphatic heterocycles. The van der Waals surface area contributed by atoms with Crippen molar-refractivity contribution in [3.05, 3.63) is 22.7 Å². The lowest BCUT2D eigenvalue weighted by atomic mass is 10.2. The van der Waals surface area contributed by atoms with E-state index in [9.17, 15) is 13.2 Å². The predicted octanol–water partition coefficient (Wildman–Crippen LogP) is 0.604. The second-order valence-electron chi connectivity index (χ2n) is 3.70. The number of carbonyl (C=O) groups is 1. The molecule has 0 radical (unpaired) electrons. The summed E-state index contributed by atoms with van der Waals surface area (Å²) in [5.41, 5.74) is 10.9. The Labute approximate surface area is 115 Å². The largest absolute Gasteiger partial charge is 0.448 e. The maximum atomic E-state index is 12.0. The average Bonchev–Trinajstić information content (AvgIpc) is 2.29. The van der Waals surface area contributed by atoms with Crippen LogP contribution in [0.1, 0.15) is 5.56 Å². The molecule has 0 saturated heterocycles. The van der Waals surface area contributed by atoms with E-state index in [0.29, 0.717) is 5.56 Å². The number of ether oxygens (including phenoxy) is 1. The molecule has 0 heterocycles. The Balaban J connectivity index is 2.83. The first-order chi connectivity index (χ1) is 8.74. The van der Waals surface area contributed by atoms with Gasteiger partial charge in [-0.2, -0.15) is 0 Å². The van der Waals surface area contributed by atoms with Gasteiger partial charge in [-0.25, -0.2) is 17.9 Å². The number of primary amides is 1. The summed E-state index contributed by atoms with van der Waals surface area (Å²) in [6.07, 6.45) is -0.967. The van der Waals surface area contributed by atoms with Crippen molar-refractivity contribution in [1.82, 2.24) is 4.72 Å². The quantitative estimate of drug-likeness (QED) is 0.543. The van der Waals surface area contributed by atoms with E-state index in [4.69, 9.17) is 23.1 Å². The zero-order valence-electron chi connectivity index (χ0n) is 10.1. The van der Waals surface area contributed by atoms with Gasteiger partial charge in [-0.05, 0) is 24.6 Å². The smallest absolute Gasteiger partial charge is 0.404 e. The maximum absolute atomic E-state index is 12.0. The minimum absolute atomic E-state index is 0.0217. The SMILES string of the molecule is Cc1cc(Cl)c(N)cc1S(=O)(=O)NCCOC(N)=O. The first-order valence-corrected chi connectivity index (χ1v) is 7.07. The molecule has 106 valence electrons. The van der Waals surface area contributed by atoms with Crippen LogP contribution in [0.25, 0.3) is 0 Å². The molecule has 0 atom stereocenters. The molecule has 7 nitrogen and oxygen atoms in total. The van der Waals surface area contributed by atoms with Crippen LogP contribution in [0.3, 0.4) is 0 Å². The molecule has 0 aliphatic carbocycles. The fourth-order valence-corrected chi connectivity index (χ4v) is 2.85. The molecular weight excluding hydrogens is 294 g/mol. The highest BCUT2D eigenvalue weighted by molar-refractivity contribution is 7.89. The number of halogens is 1. The van der Waals surface area contributed by atoms with Crippen molar-refractivity contribution in [1.29, 1.82) is 0 Å². The zero-order chi connectivity index (χ0) is 14.6. The Morgan fingerprint density at radius 3 is 2.68 bits per heavy atom. The van der Waals surface area contributed by atoms with Gasteiger partial charge in [-0.15, -0.1) is 0 Å². The highest BCUT2D eigenvalue weighted by atomic mass is 35.5. The first-order valence-electron chi connectivity index (χ1n) is 5.21. The number of hydrogen-bond acceptors (Lipinski definition) is 5. The van der Waals surface area contributed by atoms with Crippen LogP contribution in [0, 0.1) is 6.92 Å². The minimum atomic E-state index is -3.75. The molecule has 0 aliphatic rings. The molecule has 1 aromatic carbocycles. The number of anilines is 1. The molecule has 0 aromatic heterocycles. The van der Waals surface area contributed by atoms with Gasteiger partial charge in [-0.3, -0.25) is 0 Å². The Bertz CT molecular complexity index is 589. The summed E-state index contributed by atoms with van der Waals surface area (Å²) in [7, 11) is -3.75. The van der Waals surface area contributed by atoms with Crippen LogP contribution in [0.5, 0.6) is 0 Å². The normalized spacial score (nSPS) is 11.3. The van der Waals surface area contributed by atoms with Crippen LogP contribution < -0.4 is 16.2 Å². The molecule has 0 saturated carbocycles. The number of benzene rings is 1. The number of rotatable bonds is 5. The summed E-state index contributed by atoms with van der Waals surface area (Å²) in [6.45, 7) is 1.35. The van der Waals surface area contributed by atoms with E-state index < -0.39 is 16.1 Å². The number of nitrogens with two attached hydrogens (primary N) is 2. The summed E-state index contributed by atoms with van der Waals surface area (Å²) in [5, 5.41) is 0.286. The lowest BCUT2D eigenvalue weighted by molar-refractivity contribution is 0.159. The van der Waals surface area contributed by atoms with Crippen molar-refractivity contribution in [3.8, 4) is 0 Å². The Kier molecular flexibility index (Phi) is 4.98. The van der Waals surface area contributed by atoms with Gasteiger partial charge in [0.1, 0.15) is 6.61 Å². The predicted molar refractivity (Wildman–Crippen MR) is 71.3 cm³/mol. The van der Waals surface area contributed by atoms with Crippen molar-refractivity contribution >= 4 is 33.4 Å². The molecule has 19 heavy (non-hydrogen) atoms. The molecule has 0 spiro atoms. The van der Waals surface area contributed by atoms with Gasteiger partial charge in [-0.1, -0.05) is 11.6 Å². The van der Waals surface area contributed by atoms with E-state index in [1.54, 1.807) is 6.92 Å². The standard InChI is InChI=1S/C10H14ClN3O4S/c1-6-4-7(11)8(12)5-9(6)19(16,17)14-2-3-18-10(13)15/h4-5,14H,2-3,12H2,1H3,(H2,13,15). The van der Waals surface area contributed by atoms with E-state index in [-0.39, 0.29) is 28.8 Å². The molecule has 0 unspecified atom stereocenters. The third-order valence-electron chi connectivity index (χ3n) is 2.22. The third-order valence-corrected chi connectivity index (χ3v) is 4.15. The molecule has 9 heteroatoms. The van der Waals surface area contributed by atoms with E-state index in [1.807, 2.05) is 0 Å². The van der Waals surface area contributed by atoms with Crippen molar-refractivity contribution < 1.29 is 17.9 Å². The minimum Gasteiger partial charge on any atom is -0.448 e. The summed E-state index contributed by atoms with van der Waals surface area (Å²) >= 11 is 5.79. The van der Waals surface area contributed by atoms with Crippen LogP contribution in [0.4, 0.5) is 10.5 Å². The topological polar surface area (TPSA) is 125 Å². The summed E-state index contributed by atoms with van der Waals surface area (Å²) in [5.74, 6) is 0. The summed E-state index contributed by atoms with van der Waals surface area (Å²) in [4.78, 5) is 10.3. The number of hydrogen-bond donors (Lipinski definition) is 3. The van der Waals surface area contributed by atoms with Crippen molar-refractivity contribution in [2.45, 2.75) is 11.8 Å². The van der Waals surface area contributed by atoms with E-state index in [2.05, 4.69) is 9.46 Å². The number of aryl methyl sites for hydroxylation is 1. The van der Waals surface area contributed by atoms with Crippen molar-refractivity contribution in [2.75, 3.05) is 18.9 Å². The number of carbonyl (C=O) groups excluding carboxylic acids is 1. The van der Waals surface area contributed by atoms with E-state index in [0.717, 1.165) is 0 Å². The Hall–Kier alpha value is -1.51. The van der Waals surface area contributed by atoms with Crippen LogP contribution in [-0.2, 0) is 14.8 Å². The number of sulfonamides is 1. The zero-order valence-corrected chi connectivity index (χ0v) is 11.7. The van der Waals surface area contributed by atoms with Crippen LogP contribution in [0.15, 0.2) is 17.0 Å². The first kappa shape index (κ1) is 15.5. The lowest BCUT2D eigenvalue weighted by Crippen LogP contribution is -2.29. The van der Waals surface area contributed by atoms with Crippen LogP contribution >= 0.6 is 11.6 Å². The van der Waals surface area contributed by atoms with E-state index >= 15 is 0 Å². The number of nitrogens with one attached hydrogen (secondary N) is 1. The molecule has 0 bridgehead atoms. The van der Waals surface area contributed by atoms with Gasteiger partial charge in [0.05, 0.1) is 15.6 Å². The van der Waals surface area contributed by atoms with Gasteiger partial charge in [0.2, 0.25) is 10.0 Å². The third kappa shape index (κ3) is 4.27. The molecule has 0 fully saturated rings. The van der Waals surface area contributed by atoms with Gasteiger partial charge in [0.15, 0.2) is 0 Å². The van der Waals surface area contributed by atoms with Crippen molar-refractivity contribution in [2.24, 2.45) is 5.73 Å². The highest BCUT2D eigenvalue weighted by Gasteiger charge is 2.18. The fourth-order valence-electron chi connectivity index (χ4n) is 1.36. The highest BCUT2D eigenvalue weighted by Crippen LogP contribution is 2.25. The van der Waals surface area contributed by atoms with E-state index in [1.165, 1.54) is 12.1 Å². The maximum Gasteiger partial charge on any atom is 0.404 e. The summed E-state index contributed by atoms with van der Waals surface area (Å²) in [6, 6.07) is 2.74.